The predicted molar refractivity (Wildman–Crippen MR) is 123 cm³/mol. The molecule has 1 saturated heterocycles. The molecule has 0 aliphatic carbocycles. The van der Waals surface area contributed by atoms with Gasteiger partial charge in [-0.1, -0.05) is 26.0 Å². The summed E-state index contributed by atoms with van der Waals surface area (Å²) < 4.78 is 28.1. The molecule has 1 amide bonds. The Hall–Kier alpha value is -1.64. The van der Waals surface area contributed by atoms with Crippen LogP contribution in [0.25, 0.3) is 0 Å². The van der Waals surface area contributed by atoms with E-state index < -0.39 is 10.2 Å². The second kappa shape index (κ2) is 10.6. The normalized spacial score (nSPS) is 20.4. The van der Waals surface area contributed by atoms with E-state index >= 15 is 0 Å². The van der Waals surface area contributed by atoms with Crippen LogP contribution >= 0.6 is 0 Å². The number of carbonyl (C=O) groups is 1. The maximum Gasteiger partial charge on any atom is 0.304 e. The minimum Gasteiger partial charge on any atom is -0.354 e. The Labute approximate surface area is 182 Å². The summed E-state index contributed by atoms with van der Waals surface area (Å²) in [6, 6.07) is 5.62. The summed E-state index contributed by atoms with van der Waals surface area (Å²) in [5.74, 6) is 1.14. The molecule has 1 N–H and O–H groups in total. The molecule has 170 valence electrons. The van der Waals surface area contributed by atoms with Crippen molar-refractivity contribution in [2.24, 2.45) is 11.8 Å². The van der Waals surface area contributed by atoms with Gasteiger partial charge in [-0.25, -0.2) is 4.31 Å². The van der Waals surface area contributed by atoms with Crippen molar-refractivity contribution in [2.45, 2.75) is 40.5 Å². The molecule has 8 heteroatoms. The van der Waals surface area contributed by atoms with Crippen molar-refractivity contribution < 1.29 is 13.2 Å². The van der Waals surface area contributed by atoms with Gasteiger partial charge in [0.2, 0.25) is 5.91 Å². The quantitative estimate of drug-likeness (QED) is 0.601. The van der Waals surface area contributed by atoms with Gasteiger partial charge in [0.25, 0.3) is 0 Å². The van der Waals surface area contributed by atoms with Crippen LogP contribution in [0.4, 0.5) is 5.69 Å². The van der Waals surface area contributed by atoms with Crippen LogP contribution in [-0.2, 0) is 15.0 Å². The van der Waals surface area contributed by atoms with E-state index in [2.05, 4.69) is 24.1 Å². The van der Waals surface area contributed by atoms with E-state index in [0.29, 0.717) is 24.1 Å². The van der Waals surface area contributed by atoms with Crippen LogP contribution in [0, 0.1) is 25.7 Å². The lowest BCUT2D eigenvalue weighted by Gasteiger charge is -2.35. The van der Waals surface area contributed by atoms with Crippen molar-refractivity contribution in [3.05, 3.63) is 29.3 Å². The molecule has 0 aromatic heterocycles. The first-order chi connectivity index (χ1) is 14.0. The Balaban J connectivity index is 1.97. The summed E-state index contributed by atoms with van der Waals surface area (Å²) in [6.45, 7) is 11.8. The molecule has 0 unspecified atom stereocenters. The van der Waals surface area contributed by atoms with Crippen molar-refractivity contribution >= 4 is 21.8 Å². The van der Waals surface area contributed by atoms with E-state index in [9.17, 15) is 13.2 Å². The molecule has 1 aliphatic heterocycles. The van der Waals surface area contributed by atoms with E-state index in [-0.39, 0.29) is 12.5 Å². The zero-order valence-corrected chi connectivity index (χ0v) is 20.1. The lowest BCUT2D eigenvalue weighted by Crippen LogP contribution is -2.46. The van der Waals surface area contributed by atoms with Gasteiger partial charge in [-0.15, -0.1) is 0 Å². The first-order valence-electron chi connectivity index (χ1n) is 10.8. The van der Waals surface area contributed by atoms with E-state index in [1.807, 2.05) is 32.0 Å². The molecule has 0 bridgehead atoms. The van der Waals surface area contributed by atoms with Crippen molar-refractivity contribution in [2.75, 3.05) is 51.1 Å². The number of rotatable bonds is 9. The van der Waals surface area contributed by atoms with E-state index in [4.69, 9.17) is 0 Å². The summed E-state index contributed by atoms with van der Waals surface area (Å²) in [5, 5.41) is 2.90. The number of benzene rings is 1. The number of carbonyl (C=O) groups excluding carboxylic acids is 1. The molecule has 2 rings (SSSR count). The van der Waals surface area contributed by atoms with Crippen molar-refractivity contribution in [3.8, 4) is 0 Å². The third-order valence-corrected chi connectivity index (χ3v) is 7.38. The Morgan fingerprint density at radius 2 is 1.80 bits per heavy atom. The van der Waals surface area contributed by atoms with Gasteiger partial charge in [-0.05, 0) is 62.3 Å². The highest BCUT2D eigenvalue weighted by Gasteiger charge is 2.28. The van der Waals surface area contributed by atoms with Gasteiger partial charge >= 0.3 is 10.2 Å². The average molecular weight is 439 g/mol. The number of hydrogen-bond acceptors (Lipinski definition) is 4. The summed E-state index contributed by atoms with van der Waals surface area (Å²) in [7, 11) is -0.832. The lowest BCUT2D eigenvalue weighted by atomic mass is 9.92. The average Bonchev–Trinajstić information content (AvgIpc) is 2.64. The van der Waals surface area contributed by atoms with Gasteiger partial charge in [-0.2, -0.15) is 12.7 Å². The van der Waals surface area contributed by atoms with Crippen molar-refractivity contribution in [1.29, 1.82) is 0 Å². The maximum atomic E-state index is 12.9. The Kier molecular flexibility index (Phi) is 8.70. The number of nitrogens with zero attached hydrogens (tertiary/aromatic N) is 3. The molecule has 1 heterocycles. The molecule has 1 aromatic carbocycles. The third kappa shape index (κ3) is 6.68. The van der Waals surface area contributed by atoms with Gasteiger partial charge in [0.15, 0.2) is 0 Å². The molecule has 2 atom stereocenters. The van der Waals surface area contributed by atoms with E-state index in [1.54, 1.807) is 0 Å². The Morgan fingerprint density at radius 1 is 1.17 bits per heavy atom. The fourth-order valence-electron chi connectivity index (χ4n) is 4.17. The van der Waals surface area contributed by atoms with Crippen molar-refractivity contribution in [3.63, 3.8) is 0 Å². The van der Waals surface area contributed by atoms with Crippen LogP contribution in [0.1, 0.15) is 37.8 Å². The standard InChI is InChI=1S/C22H38N4O3S/c1-17-8-9-20(4)21(13-17)26(30(28,29)24(5)6)16-22(27)23-10-7-11-25-14-18(2)12-19(3)15-25/h8-9,13,18-19H,7,10-12,14-16H2,1-6H3,(H,23,27)/t18-,19+. The maximum absolute atomic E-state index is 12.9. The van der Waals surface area contributed by atoms with Crippen LogP contribution in [-0.4, -0.2) is 70.3 Å². The number of hydrogen-bond donors (Lipinski definition) is 1. The molecule has 7 nitrogen and oxygen atoms in total. The zero-order valence-electron chi connectivity index (χ0n) is 19.3. The number of aryl methyl sites for hydroxylation is 2. The fraction of sp³-hybridized carbons (Fsp3) is 0.682. The second-order valence-electron chi connectivity index (χ2n) is 9.00. The van der Waals surface area contributed by atoms with E-state index in [1.165, 1.54) is 24.8 Å². The van der Waals surface area contributed by atoms with Crippen LogP contribution in [0.15, 0.2) is 18.2 Å². The zero-order chi connectivity index (χ0) is 22.5. The highest BCUT2D eigenvalue weighted by molar-refractivity contribution is 7.90. The molecule has 0 saturated carbocycles. The van der Waals surface area contributed by atoms with Crippen LogP contribution in [0.5, 0.6) is 0 Å². The third-order valence-electron chi connectivity index (χ3n) is 5.58. The monoisotopic (exact) mass is 438 g/mol. The second-order valence-corrected chi connectivity index (χ2v) is 11.1. The van der Waals surface area contributed by atoms with Gasteiger partial charge in [0.1, 0.15) is 6.54 Å². The molecular weight excluding hydrogens is 400 g/mol. The highest BCUT2D eigenvalue weighted by atomic mass is 32.2. The lowest BCUT2D eigenvalue weighted by molar-refractivity contribution is -0.119. The van der Waals surface area contributed by atoms with Gasteiger partial charge < -0.3 is 10.2 Å². The summed E-state index contributed by atoms with van der Waals surface area (Å²) >= 11 is 0. The smallest absolute Gasteiger partial charge is 0.304 e. The molecule has 0 spiro atoms. The van der Waals surface area contributed by atoms with Crippen LogP contribution in [0.2, 0.25) is 0 Å². The molecule has 0 radical (unpaired) electrons. The Morgan fingerprint density at radius 3 is 2.40 bits per heavy atom. The van der Waals surface area contributed by atoms with Gasteiger partial charge in [0.05, 0.1) is 5.69 Å². The minimum absolute atomic E-state index is 0.234. The molecule has 1 fully saturated rings. The fourth-order valence-corrected chi connectivity index (χ4v) is 5.29. The summed E-state index contributed by atoms with van der Waals surface area (Å²) in [5.41, 5.74) is 2.29. The SMILES string of the molecule is Cc1ccc(C)c(N(CC(=O)NCCCN2C[C@H](C)C[C@H](C)C2)S(=O)(=O)N(C)C)c1. The predicted octanol–water partition coefficient (Wildman–Crippen LogP) is 2.40. The number of nitrogens with one attached hydrogen (secondary N) is 1. The number of amides is 1. The van der Waals surface area contributed by atoms with Crippen LogP contribution < -0.4 is 9.62 Å². The number of likely N-dealkylation sites (tertiary alicyclic amines) is 1. The first-order valence-corrected chi connectivity index (χ1v) is 12.2. The molecular formula is C22H38N4O3S. The largest absolute Gasteiger partial charge is 0.354 e. The topological polar surface area (TPSA) is 73.0 Å². The molecule has 1 aliphatic rings. The van der Waals surface area contributed by atoms with Crippen LogP contribution in [0.3, 0.4) is 0 Å². The van der Waals surface area contributed by atoms with Gasteiger partial charge in [0, 0.05) is 33.7 Å². The summed E-state index contributed by atoms with van der Waals surface area (Å²) in [6.07, 6.45) is 2.14. The minimum atomic E-state index is -3.79. The number of anilines is 1. The van der Waals surface area contributed by atoms with Gasteiger partial charge in [-0.3, -0.25) is 4.79 Å². The highest BCUT2D eigenvalue weighted by Crippen LogP contribution is 2.25. The van der Waals surface area contributed by atoms with Crippen molar-refractivity contribution in [1.82, 2.24) is 14.5 Å². The molecule has 30 heavy (non-hydrogen) atoms. The number of piperidine rings is 1. The summed E-state index contributed by atoms with van der Waals surface area (Å²) in [4.78, 5) is 15.1. The molecule has 1 aromatic rings. The van der Waals surface area contributed by atoms with E-state index in [0.717, 1.165) is 41.5 Å². The first kappa shape index (κ1) is 24.6. The Bertz CT molecular complexity index is 816.